The van der Waals surface area contributed by atoms with Gasteiger partial charge in [-0.2, -0.15) is 0 Å². The summed E-state index contributed by atoms with van der Waals surface area (Å²) in [6.45, 7) is 9.10. The molecule has 3 saturated heterocycles. The summed E-state index contributed by atoms with van der Waals surface area (Å²) in [6.07, 6.45) is 3.53. The second-order valence-electron chi connectivity index (χ2n) is 6.00. The number of hydrogen-bond acceptors (Lipinski definition) is 3. The third kappa shape index (κ3) is 3.16. The molecule has 0 radical (unpaired) electrons. The molecule has 0 spiro atoms. The maximum atomic E-state index is 11.5. The summed E-state index contributed by atoms with van der Waals surface area (Å²) in [4.78, 5) is 14.0. The van der Waals surface area contributed by atoms with Gasteiger partial charge in [0.25, 0.3) is 0 Å². The van der Waals surface area contributed by atoms with Crippen molar-refractivity contribution in [3.05, 3.63) is 0 Å². The Balaban J connectivity index is 1.77. The Hall–Kier alpha value is -0.770. The summed E-state index contributed by atoms with van der Waals surface area (Å²) in [5.74, 6) is 1.71. The number of carbonyl (C=O) groups excluding carboxylic acids is 1. The van der Waals surface area contributed by atoms with E-state index in [4.69, 9.17) is 4.74 Å². The highest BCUT2D eigenvalue weighted by atomic mass is 16.5. The smallest absolute Gasteiger partial charge is 0.407 e. The number of nitrogens with one attached hydrogen (secondary N) is 1. The van der Waals surface area contributed by atoms with Crippen LogP contribution in [-0.4, -0.2) is 42.8 Å². The molecule has 104 valence electrons. The Morgan fingerprint density at radius 1 is 1.50 bits per heavy atom. The zero-order valence-corrected chi connectivity index (χ0v) is 11.8. The number of amides is 1. The topological polar surface area (TPSA) is 41.6 Å². The van der Waals surface area contributed by atoms with E-state index >= 15 is 0 Å². The number of fused-ring (bicyclic) bond motifs is 3. The lowest BCUT2D eigenvalue weighted by molar-refractivity contribution is -0.0256. The van der Waals surface area contributed by atoms with Crippen molar-refractivity contribution in [1.82, 2.24) is 10.2 Å². The number of carbonyl (C=O) groups is 1. The van der Waals surface area contributed by atoms with Crippen LogP contribution in [0.25, 0.3) is 0 Å². The second-order valence-corrected chi connectivity index (χ2v) is 6.00. The van der Waals surface area contributed by atoms with E-state index in [2.05, 4.69) is 17.1 Å². The van der Waals surface area contributed by atoms with Gasteiger partial charge in [-0.1, -0.05) is 13.3 Å². The third-order valence-electron chi connectivity index (χ3n) is 4.35. The molecule has 1 amide bonds. The largest absolute Gasteiger partial charge is 0.448 e. The molecule has 4 heteroatoms. The van der Waals surface area contributed by atoms with Gasteiger partial charge in [0.05, 0.1) is 0 Å². The Kier molecular flexibility index (Phi) is 4.49. The molecule has 3 aliphatic rings. The number of hydrogen-bond donors (Lipinski definition) is 1. The molecule has 3 aliphatic heterocycles. The molecular weight excluding hydrogens is 228 g/mol. The zero-order chi connectivity index (χ0) is 13.1. The van der Waals surface area contributed by atoms with Crippen molar-refractivity contribution in [3.63, 3.8) is 0 Å². The van der Waals surface area contributed by atoms with Crippen molar-refractivity contribution in [2.24, 2.45) is 11.8 Å². The lowest BCUT2D eigenvalue weighted by Gasteiger charge is -2.49. The normalized spacial score (nSPS) is 34.7. The van der Waals surface area contributed by atoms with Crippen LogP contribution in [0.1, 0.15) is 40.0 Å². The van der Waals surface area contributed by atoms with Crippen molar-refractivity contribution >= 4 is 6.09 Å². The summed E-state index contributed by atoms with van der Waals surface area (Å²) in [6, 6.07) is 0.592. The fourth-order valence-electron chi connectivity index (χ4n) is 3.33. The average molecular weight is 254 g/mol. The molecule has 18 heavy (non-hydrogen) atoms. The van der Waals surface area contributed by atoms with Crippen LogP contribution in [-0.2, 0) is 4.74 Å². The maximum Gasteiger partial charge on any atom is 0.407 e. The minimum atomic E-state index is -0.278. The van der Waals surface area contributed by atoms with Gasteiger partial charge in [0, 0.05) is 18.6 Å². The highest BCUT2D eigenvalue weighted by Crippen LogP contribution is 2.37. The predicted octanol–water partition coefficient (Wildman–Crippen LogP) is 2.24. The number of piperidine rings is 3. The fraction of sp³-hybridized carbons (Fsp3) is 0.929. The van der Waals surface area contributed by atoms with Crippen molar-refractivity contribution < 1.29 is 9.53 Å². The van der Waals surface area contributed by atoms with Gasteiger partial charge in [0.1, 0.15) is 6.61 Å². The number of nitrogens with zero attached hydrogens (tertiary/aromatic N) is 1. The van der Waals surface area contributed by atoms with Gasteiger partial charge in [-0.05, 0) is 45.1 Å². The molecule has 0 aromatic heterocycles. The molecule has 3 rings (SSSR count). The first-order valence-corrected chi connectivity index (χ1v) is 7.27. The van der Waals surface area contributed by atoms with E-state index in [1.54, 1.807) is 0 Å². The van der Waals surface area contributed by atoms with E-state index in [0.717, 1.165) is 11.8 Å². The minimum Gasteiger partial charge on any atom is -0.448 e. The van der Waals surface area contributed by atoms with Crippen LogP contribution in [0.15, 0.2) is 0 Å². The molecule has 0 saturated carbocycles. The summed E-state index contributed by atoms with van der Waals surface area (Å²) in [5.41, 5.74) is 0. The molecular formula is C14H26N2O2. The van der Waals surface area contributed by atoms with Gasteiger partial charge in [-0.25, -0.2) is 4.79 Å². The SMILES string of the molecule is CCC1CN2CCC1CC2COC(=O)NC(C)C. The van der Waals surface area contributed by atoms with Crippen LogP contribution in [0.5, 0.6) is 0 Å². The molecule has 0 aromatic carbocycles. The van der Waals surface area contributed by atoms with Crippen LogP contribution in [0.3, 0.4) is 0 Å². The monoisotopic (exact) mass is 254 g/mol. The lowest BCUT2D eigenvalue weighted by Crippen LogP contribution is -2.55. The molecule has 4 atom stereocenters. The first-order chi connectivity index (χ1) is 8.60. The number of alkyl carbamates (subject to hydrolysis) is 1. The summed E-state index contributed by atoms with van der Waals surface area (Å²) < 4.78 is 5.32. The van der Waals surface area contributed by atoms with Gasteiger partial charge < -0.3 is 10.1 Å². The second kappa shape index (κ2) is 5.91. The zero-order valence-electron chi connectivity index (χ0n) is 11.8. The summed E-state index contributed by atoms with van der Waals surface area (Å²) >= 11 is 0. The van der Waals surface area contributed by atoms with Gasteiger partial charge in [-0.15, -0.1) is 0 Å². The molecule has 3 fully saturated rings. The van der Waals surface area contributed by atoms with Gasteiger partial charge in [-0.3, -0.25) is 4.90 Å². The molecule has 4 unspecified atom stereocenters. The van der Waals surface area contributed by atoms with E-state index in [0.29, 0.717) is 12.6 Å². The van der Waals surface area contributed by atoms with Crippen molar-refractivity contribution in [2.45, 2.75) is 52.1 Å². The Labute approximate surface area is 110 Å². The van der Waals surface area contributed by atoms with Gasteiger partial charge in [0.2, 0.25) is 0 Å². The molecule has 0 aliphatic carbocycles. The molecule has 4 nitrogen and oxygen atoms in total. The number of ether oxygens (including phenoxy) is 1. The van der Waals surface area contributed by atoms with E-state index in [1.165, 1.54) is 32.4 Å². The number of rotatable bonds is 4. The average Bonchev–Trinajstić information content (AvgIpc) is 2.36. The van der Waals surface area contributed by atoms with Gasteiger partial charge >= 0.3 is 6.09 Å². The van der Waals surface area contributed by atoms with E-state index in [-0.39, 0.29) is 12.1 Å². The first-order valence-electron chi connectivity index (χ1n) is 7.27. The van der Waals surface area contributed by atoms with Crippen molar-refractivity contribution in [1.29, 1.82) is 0 Å². The molecule has 2 bridgehead atoms. The van der Waals surface area contributed by atoms with E-state index in [9.17, 15) is 4.79 Å². The highest BCUT2D eigenvalue weighted by molar-refractivity contribution is 5.67. The van der Waals surface area contributed by atoms with Crippen LogP contribution in [0.4, 0.5) is 4.79 Å². The fourth-order valence-corrected chi connectivity index (χ4v) is 3.33. The van der Waals surface area contributed by atoms with E-state index in [1.807, 2.05) is 13.8 Å². The van der Waals surface area contributed by atoms with Crippen molar-refractivity contribution in [2.75, 3.05) is 19.7 Å². The maximum absolute atomic E-state index is 11.5. The Bertz CT molecular complexity index is 294. The quantitative estimate of drug-likeness (QED) is 0.836. The van der Waals surface area contributed by atoms with Crippen LogP contribution in [0.2, 0.25) is 0 Å². The Morgan fingerprint density at radius 3 is 2.83 bits per heavy atom. The highest BCUT2D eigenvalue weighted by Gasteiger charge is 2.39. The summed E-state index contributed by atoms with van der Waals surface area (Å²) in [5, 5.41) is 2.77. The van der Waals surface area contributed by atoms with E-state index < -0.39 is 0 Å². The minimum absolute atomic E-state index is 0.144. The first kappa shape index (κ1) is 13.7. The molecule has 1 N–H and O–H groups in total. The van der Waals surface area contributed by atoms with Crippen LogP contribution >= 0.6 is 0 Å². The van der Waals surface area contributed by atoms with Crippen LogP contribution in [0, 0.1) is 11.8 Å². The Morgan fingerprint density at radius 2 is 2.28 bits per heavy atom. The summed E-state index contributed by atoms with van der Waals surface area (Å²) in [7, 11) is 0. The predicted molar refractivity (Wildman–Crippen MR) is 71.5 cm³/mol. The standard InChI is InChI=1S/C14H26N2O2/c1-4-11-8-16-6-5-12(11)7-13(16)9-18-14(17)15-10(2)3/h10-13H,4-9H2,1-3H3,(H,15,17). The van der Waals surface area contributed by atoms with Gasteiger partial charge in [0.15, 0.2) is 0 Å². The molecule has 0 aromatic rings. The third-order valence-corrected chi connectivity index (χ3v) is 4.35. The van der Waals surface area contributed by atoms with Crippen LogP contribution < -0.4 is 5.32 Å². The molecule has 3 heterocycles. The van der Waals surface area contributed by atoms with Crippen molar-refractivity contribution in [3.8, 4) is 0 Å². The lowest BCUT2D eigenvalue weighted by atomic mass is 9.75.